The number of alkyl halides is 12. The first-order valence-corrected chi connectivity index (χ1v) is 10.9. The molecule has 0 aromatic rings. The Morgan fingerprint density at radius 3 is 0.923 bits per heavy atom. The van der Waals surface area contributed by atoms with Gasteiger partial charge in [-0.05, 0) is 0 Å². The second-order valence-corrected chi connectivity index (χ2v) is 8.18. The van der Waals surface area contributed by atoms with Gasteiger partial charge in [0.2, 0.25) is 0 Å². The van der Waals surface area contributed by atoms with Crippen LogP contribution in [0, 0.1) is 0 Å². The molecule has 0 aromatic carbocycles. The summed E-state index contributed by atoms with van der Waals surface area (Å²) in [6, 6.07) is 0. The van der Waals surface area contributed by atoms with Crippen molar-refractivity contribution in [3.8, 4) is 0 Å². The molecular formula is C7H5BF12O4Zn2. The summed E-state index contributed by atoms with van der Waals surface area (Å²) >= 11 is -6.90. The van der Waals surface area contributed by atoms with E-state index >= 15 is 0 Å². The minimum absolute atomic E-state index is 0.843. The van der Waals surface area contributed by atoms with E-state index in [4.69, 9.17) is 0 Å². The normalized spacial score (nSPS) is 14.1. The standard InChI is InChI=1S/2C3HF6O.CH3BO2.2Zn/c2*4-2(5,6)1(10)3(7,8)9;2-1(3)4;;/h2*1H;1H,2H2;;/q2*-1;-2;2*+2. The second kappa shape index (κ2) is 9.68. The van der Waals surface area contributed by atoms with Crippen molar-refractivity contribution in [3.63, 3.8) is 0 Å². The van der Waals surface area contributed by atoms with Crippen LogP contribution < -0.4 is 0 Å². The molecule has 148 valence electrons. The van der Waals surface area contributed by atoms with Gasteiger partial charge in [-0.15, -0.1) is 0 Å². The van der Waals surface area contributed by atoms with E-state index in [9.17, 15) is 52.7 Å². The topological polar surface area (TPSA) is 36.9 Å². The fourth-order valence-corrected chi connectivity index (χ4v) is 5.75. The molecular weight excluding hydrogens is 518 g/mol. The minimum atomic E-state index is -5.77. The first-order valence-electron chi connectivity index (χ1n) is 6.10. The van der Waals surface area contributed by atoms with Gasteiger partial charge in [0.25, 0.3) is 0 Å². The van der Waals surface area contributed by atoms with Crippen molar-refractivity contribution < 1.29 is 103 Å². The molecule has 0 atom stereocenters. The molecule has 0 aliphatic carbocycles. The van der Waals surface area contributed by atoms with Crippen molar-refractivity contribution in [1.29, 1.82) is 0 Å². The van der Waals surface area contributed by atoms with E-state index in [-0.39, 0.29) is 0 Å². The van der Waals surface area contributed by atoms with E-state index in [0.29, 0.717) is 0 Å². The van der Waals surface area contributed by atoms with E-state index < -0.39 is 78.8 Å². The SMILES string of the molecule is BC([O][Zn][O]C(C(F)(F)F)C(F)(F)F)[O][Zn][O]C(C(F)(F)F)C(F)(F)F. The Hall–Kier alpha value is 0.312. The summed E-state index contributed by atoms with van der Waals surface area (Å²) in [7, 11) is 0.843. The molecule has 0 rings (SSSR count). The van der Waals surface area contributed by atoms with Crippen LogP contribution in [-0.4, -0.2) is 50.9 Å². The third-order valence-electron chi connectivity index (χ3n) is 2.26. The summed E-state index contributed by atoms with van der Waals surface area (Å²) in [6.07, 6.45) is -33.0. The summed E-state index contributed by atoms with van der Waals surface area (Å²) in [5.74, 6) is 0. The number of rotatable bonds is 8. The third-order valence-corrected chi connectivity index (χ3v) is 6.77. The number of hydrogen-bond acceptors (Lipinski definition) is 4. The number of halogens is 12. The summed E-state index contributed by atoms with van der Waals surface area (Å²) in [5, 5.41) is 0. The quantitative estimate of drug-likeness (QED) is 0.279. The summed E-state index contributed by atoms with van der Waals surface area (Å²) in [4.78, 5) is 0. The zero-order valence-corrected chi connectivity index (χ0v) is 18.2. The Balaban J connectivity index is 4.42. The first kappa shape index (κ1) is 26.3. The van der Waals surface area contributed by atoms with Gasteiger partial charge in [0.05, 0.1) is 0 Å². The Bertz CT molecular complexity index is 358. The van der Waals surface area contributed by atoms with Crippen LogP contribution in [0.1, 0.15) is 0 Å². The zero-order chi connectivity index (χ0) is 21.0. The van der Waals surface area contributed by atoms with Gasteiger partial charge in [-0.1, -0.05) is 0 Å². The van der Waals surface area contributed by atoms with Crippen molar-refractivity contribution in [3.05, 3.63) is 0 Å². The van der Waals surface area contributed by atoms with Gasteiger partial charge in [-0.2, -0.15) is 0 Å². The monoisotopic (exact) mass is 520 g/mol. The Morgan fingerprint density at radius 1 is 0.500 bits per heavy atom. The molecule has 4 nitrogen and oxygen atoms in total. The molecule has 26 heavy (non-hydrogen) atoms. The summed E-state index contributed by atoms with van der Waals surface area (Å²) in [5.41, 5.74) is 0. The molecule has 0 saturated carbocycles. The van der Waals surface area contributed by atoms with E-state index in [1.54, 1.807) is 0 Å². The van der Waals surface area contributed by atoms with Gasteiger partial charge >= 0.3 is 154 Å². The second-order valence-electron chi connectivity index (χ2n) is 4.40. The van der Waals surface area contributed by atoms with Gasteiger partial charge in [-0.3, -0.25) is 0 Å². The van der Waals surface area contributed by atoms with Gasteiger partial charge < -0.3 is 0 Å². The molecule has 0 aliphatic rings. The first-order chi connectivity index (χ1) is 11.4. The Labute approximate surface area is 154 Å². The summed E-state index contributed by atoms with van der Waals surface area (Å²) in [6.45, 7) is 0. The van der Waals surface area contributed by atoms with E-state index in [1.165, 1.54) is 0 Å². The van der Waals surface area contributed by atoms with Gasteiger partial charge in [0.1, 0.15) is 0 Å². The molecule has 0 heterocycles. The average Bonchev–Trinajstić information content (AvgIpc) is 2.33. The molecule has 0 amide bonds. The molecule has 19 heteroatoms. The van der Waals surface area contributed by atoms with Crippen LogP contribution in [-0.2, 0) is 49.9 Å². The van der Waals surface area contributed by atoms with Crippen LogP contribution in [0.25, 0.3) is 0 Å². The van der Waals surface area contributed by atoms with Crippen LogP contribution in [0.3, 0.4) is 0 Å². The van der Waals surface area contributed by atoms with Gasteiger partial charge in [0.15, 0.2) is 0 Å². The predicted octanol–water partition coefficient (Wildman–Crippen LogP) is 2.78. The van der Waals surface area contributed by atoms with Gasteiger partial charge in [-0.25, -0.2) is 0 Å². The van der Waals surface area contributed by atoms with E-state index in [2.05, 4.69) is 14.3 Å². The fraction of sp³-hybridized carbons (Fsp3) is 1.00. The van der Waals surface area contributed by atoms with Crippen LogP contribution in [0.15, 0.2) is 0 Å². The molecule has 0 radical (unpaired) electrons. The maximum absolute atomic E-state index is 12.1. The number of hydrogen-bond donors (Lipinski definition) is 0. The molecule has 0 aliphatic heterocycles. The third kappa shape index (κ3) is 10.0. The molecule has 0 fully saturated rings. The zero-order valence-electron chi connectivity index (χ0n) is 12.3. The molecule has 0 aromatic heterocycles. The van der Waals surface area contributed by atoms with E-state index in [1.807, 2.05) is 0 Å². The van der Waals surface area contributed by atoms with E-state index in [0.717, 1.165) is 7.85 Å². The molecule has 0 N–H and O–H groups in total. The van der Waals surface area contributed by atoms with Crippen molar-refractivity contribution in [2.24, 2.45) is 0 Å². The van der Waals surface area contributed by atoms with Gasteiger partial charge in [0, 0.05) is 0 Å². The van der Waals surface area contributed by atoms with Crippen LogP contribution in [0.4, 0.5) is 52.7 Å². The Morgan fingerprint density at radius 2 is 0.731 bits per heavy atom. The molecule has 0 saturated heterocycles. The van der Waals surface area contributed by atoms with Crippen molar-refractivity contribution in [1.82, 2.24) is 0 Å². The molecule has 0 unspecified atom stereocenters. The predicted molar refractivity (Wildman–Crippen MR) is 48.5 cm³/mol. The molecule has 0 spiro atoms. The molecule has 0 bridgehead atoms. The van der Waals surface area contributed by atoms with Crippen molar-refractivity contribution in [2.45, 2.75) is 43.1 Å². The maximum atomic E-state index is 12.1. The average molecular weight is 523 g/mol. The van der Waals surface area contributed by atoms with Crippen molar-refractivity contribution in [2.75, 3.05) is 0 Å². The summed E-state index contributed by atoms with van der Waals surface area (Å²) < 4.78 is 162. The van der Waals surface area contributed by atoms with Crippen LogP contribution >= 0.6 is 0 Å². The van der Waals surface area contributed by atoms with Crippen LogP contribution in [0.5, 0.6) is 0 Å². The fourth-order valence-electron chi connectivity index (χ4n) is 1.20. The van der Waals surface area contributed by atoms with Crippen LogP contribution in [0.2, 0.25) is 0 Å². The van der Waals surface area contributed by atoms with Crippen molar-refractivity contribution >= 4 is 7.85 Å². The Kier molecular flexibility index (Phi) is 9.80.